The predicted molar refractivity (Wildman–Crippen MR) is 90.2 cm³/mol. The Morgan fingerprint density at radius 1 is 1.04 bits per heavy atom. The molecule has 1 fully saturated rings. The molecule has 0 radical (unpaired) electrons. The molecule has 0 spiro atoms. The molecule has 0 amide bonds. The van der Waals surface area contributed by atoms with Crippen molar-refractivity contribution in [2.24, 2.45) is 0 Å². The first-order valence-corrected chi connectivity index (χ1v) is 8.40. The number of benzene rings is 1. The molecule has 132 valence electrons. The Balaban J connectivity index is 1.34. The number of hydrogen-bond donors (Lipinski definition) is 0. The number of aromatic nitrogens is 2. The summed E-state index contributed by atoms with van der Waals surface area (Å²) in [6, 6.07) is 8.04. The van der Waals surface area contributed by atoms with Crippen LogP contribution in [0, 0.1) is 0 Å². The van der Waals surface area contributed by atoms with Crippen LogP contribution in [0.15, 0.2) is 47.3 Å². The van der Waals surface area contributed by atoms with Crippen molar-refractivity contribution in [3.8, 4) is 0 Å². The van der Waals surface area contributed by atoms with E-state index < -0.39 is 6.55 Å². The highest BCUT2D eigenvalue weighted by atomic mass is 19.3. The van der Waals surface area contributed by atoms with E-state index >= 15 is 0 Å². The van der Waals surface area contributed by atoms with Gasteiger partial charge in [0, 0.05) is 56.1 Å². The normalized spacial score (nSPS) is 16.9. The molecule has 1 aromatic carbocycles. The van der Waals surface area contributed by atoms with E-state index in [0.717, 1.165) is 48.3 Å². The first-order chi connectivity index (χ1) is 12.2. The number of piperazine rings is 1. The van der Waals surface area contributed by atoms with Gasteiger partial charge in [-0.15, -0.1) is 0 Å². The van der Waals surface area contributed by atoms with Crippen LogP contribution >= 0.6 is 0 Å². The molecule has 0 saturated carbocycles. The van der Waals surface area contributed by atoms with Gasteiger partial charge in [-0.05, 0) is 6.07 Å². The van der Waals surface area contributed by atoms with Crippen molar-refractivity contribution in [2.75, 3.05) is 26.2 Å². The summed E-state index contributed by atoms with van der Waals surface area (Å²) < 4.78 is 32.3. The Morgan fingerprint density at radius 3 is 2.52 bits per heavy atom. The van der Waals surface area contributed by atoms with Crippen LogP contribution in [0.25, 0.3) is 11.0 Å². The number of nitrogens with zero attached hydrogens (tertiary/aromatic N) is 4. The summed E-state index contributed by atoms with van der Waals surface area (Å²) in [5, 5.41) is 1.16. The largest absolute Gasteiger partial charge is 0.464 e. The first-order valence-electron chi connectivity index (χ1n) is 8.40. The third kappa shape index (κ3) is 3.43. The van der Waals surface area contributed by atoms with Crippen molar-refractivity contribution in [2.45, 2.75) is 19.6 Å². The van der Waals surface area contributed by atoms with Crippen LogP contribution in [0.4, 0.5) is 8.78 Å². The maximum absolute atomic E-state index is 12.9. The van der Waals surface area contributed by atoms with Crippen LogP contribution in [0.2, 0.25) is 0 Å². The molecule has 25 heavy (non-hydrogen) atoms. The maximum atomic E-state index is 12.9. The van der Waals surface area contributed by atoms with Gasteiger partial charge in [0.05, 0.1) is 12.8 Å². The standard InChI is InChI=1S/C18H20F2N4O/c19-18(20)24-6-5-21-17(24)12-23-9-7-22(8-10-23)11-14-13-25-16-4-2-1-3-15(14)16/h1-6,13,18H,7-12H2. The summed E-state index contributed by atoms with van der Waals surface area (Å²) in [4.78, 5) is 8.60. The smallest absolute Gasteiger partial charge is 0.319 e. The van der Waals surface area contributed by atoms with E-state index in [1.165, 1.54) is 18.0 Å². The predicted octanol–water partition coefficient (Wildman–Crippen LogP) is 3.34. The first kappa shape index (κ1) is 16.2. The molecule has 3 heterocycles. The minimum absolute atomic E-state index is 0.421. The van der Waals surface area contributed by atoms with Gasteiger partial charge in [-0.1, -0.05) is 18.2 Å². The fourth-order valence-electron chi connectivity index (χ4n) is 3.35. The molecule has 5 nitrogen and oxygen atoms in total. The molecule has 3 aromatic rings. The average Bonchev–Trinajstić information content (AvgIpc) is 3.24. The summed E-state index contributed by atoms with van der Waals surface area (Å²) in [5.41, 5.74) is 2.10. The fourth-order valence-corrected chi connectivity index (χ4v) is 3.35. The Kier molecular flexibility index (Phi) is 4.50. The number of alkyl halides is 2. The minimum atomic E-state index is -2.53. The van der Waals surface area contributed by atoms with Gasteiger partial charge in [-0.25, -0.2) is 4.98 Å². The number of hydrogen-bond acceptors (Lipinski definition) is 4. The number of furan rings is 1. The van der Waals surface area contributed by atoms with E-state index in [9.17, 15) is 8.78 Å². The summed E-state index contributed by atoms with van der Waals surface area (Å²) in [6.45, 7) is 2.24. The highest BCUT2D eigenvalue weighted by Crippen LogP contribution is 2.23. The van der Waals surface area contributed by atoms with Crippen LogP contribution in [0.5, 0.6) is 0 Å². The van der Waals surface area contributed by atoms with Crippen LogP contribution in [-0.4, -0.2) is 45.5 Å². The molecule has 0 N–H and O–H groups in total. The molecule has 7 heteroatoms. The number of rotatable bonds is 5. The van der Waals surface area contributed by atoms with E-state index in [4.69, 9.17) is 4.42 Å². The van der Waals surface area contributed by atoms with Crippen LogP contribution in [-0.2, 0) is 13.1 Å². The third-order valence-corrected chi connectivity index (χ3v) is 4.74. The second kappa shape index (κ2) is 6.93. The van der Waals surface area contributed by atoms with E-state index in [0.29, 0.717) is 12.4 Å². The third-order valence-electron chi connectivity index (χ3n) is 4.74. The Morgan fingerprint density at radius 2 is 1.76 bits per heavy atom. The molecule has 1 aliphatic rings. The minimum Gasteiger partial charge on any atom is -0.464 e. The van der Waals surface area contributed by atoms with Gasteiger partial charge < -0.3 is 4.42 Å². The van der Waals surface area contributed by atoms with Crippen LogP contribution < -0.4 is 0 Å². The number of halogens is 2. The Labute approximate surface area is 144 Å². The Bertz CT molecular complexity index is 836. The molecule has 0 atom stereocenters. The van der Waals surface area contributed by atoms with E-state index in [1.807, 2.05) is 24.5 Å². The molecule has 4 rings (SSSR count). The molecule has 2 aromatic heterocycles. The highest BCUT2D eigenvalue weighted by Gasteiger charge is 2.21. The van der Waals surface area contributed by atoms with Gasteiger partial charge in [-0.2, -0.15) is 8.78 Å². The molecule has 0 bridgehead atoms. The second-order valence-corrected chi connectivity index (χ2v) is 6.34. The van der Waals surface area contributed by atoms with Crippen LogP contribution in [0.1, 0.15) is 17.9 Å². The van der Waals surface area contributed by atoms with Crippen molar-refractivity contribution in [1.82, 2.24) is 19.4 Å². The lowest BCUT2D eigenvalue weighted by Crippen LogP contribution is -2.45. The quantitative estimate of drug-likeness (QED) is 0.710. The lowest BCUT2D eigenvalue weighted by atomic mass is 10.1. The number of fused-ring (bicyclic) bond motifs is 1. The molecule has 0 unspecified atom stereocenters. The van der Waals surface area contributed by atoms with E-state index in [2.05, 4.69) is 20.9 Å². The summed E-state index contributed by atoms with van der Waals surface area (Å²) in [6.07, 6.45) is 4.60. The maximum Gasteiger partial charge on any atom is 0.319 e. The zero-order chi connectivity index (χ0) is 17.2. The SMILES string of the molecule is FC(F)n1ccnc1CN1CCN(Cc2coc3ccccc23)CC1. The zero-order valence-corrected chi connectivity index (χ0v) is 13.8. The van der Waals surface area contributed by atoms with Gasteiger partial charge in [-0.3, -0.25) is 14.4 Å². The number of imidazole rings is 1. The van der Waals surface area contributed by atoms with Crippen molar-refractivity contribution in [3.63, 3.8) is 0 Å². The van der Waals surface area contributed by atoms with Gasteiger partial charge in [0.25, 0.3) is 0 Å². The molecular formula is C18H20F2N4O. The number of para-hydroxylation sites is 1. The van der Waals surface area contributed by atoms with Crippen molar-refractivity contribution in [3.05, 3.63) is 54.3 Å². The lowest BCUT2D eigenvalue weighted by Gasteiger charge is -2.34. The highest BCUT2D eigenvalue weighted by molar-refractivity contribution is 5.80. The van der Waals surface area contributed by atoms with E-state index in [1.54, 1.807) is 0 Å². The van der Waals surface area contributed by atoms with Crippen molar-refractivity contribution < 1.29 is 13.2 Å². The molecule has 1 saturated heterocycles. The second-order valence-electron chi connectivity index (χ2n) is 6.34. The Hall–Kier alpha value is -2.25. The molecular weight excluding hydrogens is 326 g/mol. The van der Waals surface area contributed by atoms with Crippen molar-refractivity contribution in [1.29, 1.82) is 0 Å². The summed E-state index contributed by atoms with van der Waals surface area (Å²) in [7, 11) is 0. The van der Waals surface area contributed by atoms with Gasteiger partial charge in [0.2, 0.25) is 0 Å². The van der Waals surface area contributed by atoms with Crippen molar-refractivity contribution >= 4 is 11.0 Å². The monoisotopic (exact) mass is 346 g/mol. The van der Waals surface area contributed by atoms with Gasteiger partial charge in [0.15, 0.2) is 0 Å². The topological polar surface area (TPSA) is 37.4 Å². The van der Waals surface area contributed by atoms with Gasteiger partial charge >= 0.3 is 6.55 Å². The molecule has 1 aliphatic heterocycles. The average molecular weight is 346 g/mol. The lowest BCUT2D eigenvalue weighted by molar-refractivity contribution is 0.0603. The zero-order valence-electron chi connectivity index (χ0n) is 13.8. The molecule has 0 aliphatic carbocycles. The summed E-state index contributed by atoms with van der Waals surface area (Å²) in [5.74, 6) is 0.421. The summed E-state index contributed by atoms with van der Waals surface area (Å²) >= 11 is 0. The van der Waals surface area contributed by atoms with Crippen LogP contribution in [0.3, 0.4) is 0 Å². The van der Waals surface area contributed by atoms with Gasteiger partial charge in [0.1, 0.15) is 11.4 Å². The fraction of sp³-hybridized carbons (Fsp3) is 0.389. The van der Waals surface area contributed by atoms with E-state index in [-0.39, 0.29) is 0 Å².